The Labute approximate surface area is 157 Å². The highest BCUT2D eigenvalue weighted by atomic mass is 19.2. The van der Waals surface area contributed by atoms with E-state index in [-0.39, 0.29) is 23.8 Å². The van der Waals surface area contributed by atoms with Crippen LogP contribution in [0.2, 0.25) is 0 Å². The van der Waals surface area contributed by atoms with Crippen LogP contribution in [0.25, 0.3) is 0 Å². The molecular formula is C21H22F2N2O2. The second-order valence-electron chi connectivity index (χ2n) is 7.12. The number of piperazine rings is 1. The minimum absolute atomic E-state index is 0.0409. The molecule has 0 spiro atoms. The first-order chi connectivity index (χ1) is 13.1. The molecule has 0 aromatic heterocycles. The van der Waals surface area contributed by atoms with Crippen molar-refractivity contribution in [3.63, 3.8) is 0 Å². The largest absolute Gasteiger partial charge is 0.496 e. The molecule has 2 aliphatic rings. The van der Waals surface area contributed by atoms with Crippen molar-refractivity contribution in [3.8, 4) is 5.75 Å². The fourth-order valence-electron chi connectivity index (χ4n) is 3.98. The molecule has 1 N–H and O–H groups in total. The SMILES string of the molecule is COc1ccccc1C1CNCCN1C(=O)C1CC1c1ccc(F)c(F)c1. The van der Waals surface area contributed by atoms with Gasteiger partial charge < -0.3 is 15.0 Å². The van der Waals surface area contributed by atoms with Crippen molar-refractivity contribution in [2.45, 2.75) is 18.4 Å². The monoisotopic (exact) mass is 372 g/mol. The molecule has 6 heteroatoms. The van der Waals surface area contributed by atoms with E-state index >= 15 is 0 Å². The first-order valence-electron chi connectivity index (χ1n) is 9.19. The third-order valence-corrected chi connectivity index (χ3v) is 5.50. The third kappa shape index (κ3) is 3.41. The van der Waals surface area contributed by atoms with Crippen LogP contribution in [0.1, 0.15) is 29.5 Å². The number of halogens is 2. The van der Waals surface area contributed by atoms with Crippen LogP contribution >= 0.6 is 0 Å². The molecule has 3 unspecified atom stereocenters. The fourth-order valence-corrected chi connectivity index (χ4v) is 3.98. The van der Waals surface area contributed by atoms with Crippen molar-refractivity contribution >= 4 is 5.91 Å². The lowest BCUT2D eigenvalue weighted by Crippen LogP contribution is -2.49. The van der Waals surface area contributed by atoms with Crippen molar-refractivity contribution < 1.29 is 18.3 Å². The van der Waals surface area contributed by atoms with Crippen LogP contribution in [0.3, 0.4) is 0 Å². The van der Waals surface area contributed by atoms with Crippen molar-refractivity contribution in [1.82, 2.24) is 10.2 Å². The Morgan fingerprint density at radius 3 is 2.78 bits per heavy atom. The molecule has 27 heavy (non-hydrogen) atoms. The summed E-state index contributed by atoms with van der Waals surface area (Å²) in [6.45, 7) is 2.01. The summed E-state index contributed by atoms with van der Waals surface area (Å²) >= 11 is 0. The molecule has 142 valence electrons. The highest BCUT2D eigenvalue weighted by molar-refractivity contribution is 5.83. The van der Waals surface area contributed by atoms with Gasteiger partial charge in [0, 0.05) is 31.1 Å². The number of carbonyl (C=O) groups is 1. The number of ether oxygens (including phenoxy) is 1. The van der Waals surface area contributed by atoms with Crippen LogP contribution in [-0.4, -0.2) is 37.6 Å². The lowest BCUT2D eigenvalue weighted by molar-refractivity contribution is -0.136. The highest BCUT2D eigenvalue weighted by Gasteiger charge is 2.47. The van der Waals surface area contributed by atoms with E-state index in [4.69, 9.17) is 4.74 Å². The summed E-state index contributed by atoms with van der Waals surface area (Å²) in [6, 6.07) is 11.5. The molecule has 4 rings (SSSR count). The molecule has 1 saturated carbocycles. The summed E-state index contributed by atoms with van der Waals surface area (Å²) in [5, 5.41) is 3.34. The Bertz CT molecular complexity index is 858. The average Bonchev–Trinajstić information content (AvgIpc) is 3.50. The number of para-hydroxylation sites is 1. The Morgan fingerprint density at radius 1 is 1.19 bits per heavy atom. The van der Waals surface area contributed by atoms with E-state index in [0.717, 1.165) is 23.9 Å². The van der Waals surface area contributed by atoms with Gasteiger partial charge in [-0.15, -0.1) is 0 Å². The van der Waals surface area contributed by atoms with Gasteiger partial charge in [0.05, 0.1) is 13.2 Å². The van der Waals surface area contributed by atoms with E-state index in [1.807, 2.05) is 29.2 Å². The molecule has 2 fully saturated rings. The van der Waals surface area contributed by atoms with Gasteiger partial charge in [0.2, 0.25) is 5.91 Å². The van der Waals surface area contributed by atoms with Gasteiger partial charge in [0.1, 0.15) is 5.75 Å². The summed E-state index contributed by atoms with van der Waals surface area (Å²) in [6.07, 6.45) is 0.673. The second-order valence-corrected chi connectivity index (χ2v) is 7.12. The van der Waals surface area contributed by atoms with Crippen molar-refractivity contribution in [2.24, 2.45) is 5.92 Å². The number of carbonyl (C=O) groups excluding carboxylic acids is 1. The fraction of sp³-hybridized carbons (Fsp3) is 0.381. The Kier molecular flexibility index (Phi) is 4.83. The number of methoxy groups -OCH3 is 1. The van der Waals surface area contributed by atoms with E-state index in [9.17, 15) is 13.6 Å². The van der Waals surface area contributed by atoms with Crippen LogP contribution in [0.15, 0.2) is 42.5 Å². The Hall–Kier alpha value is -2.47. The van der Waals surface area contributed by atoms with E-state index in [0.29, 0.717) is 25.1 Å². The maximum Gasteiger partial charge on any atom is 0.226 e. The van der Waals surface area contributed by atoms with Gasteiger partial charge >= 0.3 is 0 Å². The van der Waals surface area contributed by atoms with Crippen LogP contribution < -0.4 is 10.1 Å². The molecule has 1 aliphatic carbocycles. The number of nitrogens with one attached hydrogen (secondary N) is 1. The summed E-state index contributed by atoms with van der Waals surface area (Å²) in [5.74, 6) is -1.11. The Morgan fingerprint density at radius 2 is 2.00 bits per heavy atom. The van der Waals surface area contributed by atoms with Gasteiger partial charge in [0.15, 0.2) is 11.6 Å². The maximum atomic E-state index is 13.5. The zero-order valence-corrected chi connectivity index (χ0v) is 15.1. The van der Waals surface area contributed by atoms with Gasteiger partial charge in [-0.05, 0) is 36.1 Å². The molecule has 0 bridgehead atoms. The molecule has 1 saturated heterocycles. The first kappa shape index (κ1) is 17.9. The minimum atomic E-state index is -0.861. The quantitative estimate of drug-likeness (QED) is 0.896. The van der Waals surface area contributed by atoms with Crippen molar-refractivity contribution in [2.75, 3.05) is 26.7 Å². The number of hydrogen-bond acceptors (Lipinski definition) is 3. The van der Waals surface area contributed by atoms with E-state index in [2.05, 4.69) is 5.32 Å². The second kappa shape index (κ2) is 7.27. The van der Waals surface area contributed by atoms with E-state index in [1.54, 1.807) is 13.2 Å². The summed E-state index contributed by atoms with van der Waals surface area (Å²) in [7, 11) is 1.63. The lowest BCUT2D eigenvalue weighted by Gasteiger charge is -2.37. The van der Waals surface area contributed by atoms with Gasteiger partial charge in [-0.25, -0.2) is 8.78 Å². The molecule has 2 aromatic carbocycles. The lowest BCUT2D eigenvalue weighted by atomic mass is 10.0. The molecule has 0 radical (unpaired) electrons. The smallest absolute Gasteiger partial charge is 0.226 e. The number of amides is 1. The molecule has 1 amide bonds. The van der Waals surface area contributed by atoms with Gasteiger partial charge in [-0.2, -0.15) is 0 Å². The Balaban J connectivity index is 1.54. The molecule has 1 aliphatic heterocycles. The summed E-state index contributed by atoms with van der Waals surface area (Å²) in [4.78, 5) is 15.1. The number of benzene rings is 2. The van der Waals surface area contributed by atoms with Crippen LogP contribution in [-0.2, 0) is 4.79 Å². The predicted octanol–water partition coefficient (Wildman–Crippen LogP) is 3.25. The highest BCUT2D eigenvalue weighted by Crippen LogP contribution is 2.49. The average molecular weight is 372 g/mol. The molecule has 1 heterocycles. The zero-order valence-electron chi connectivity index (χ0n) is 15.1. The number of hydrogen-bond donors (Lipinski definition) is 1. The normalized spacial score (nSPS) is 24.6. The van der Waals surface area contributed by atoms with E-state index < -0.39 is 11.6 Å². The topological polar surface area (TPSA) is 41.6 Å². The third-order valence-electron chi connectivity index (χ3n) is 5.50. The first-order valence-corrected chi connectivity index (χ1v) is 9.19. The van der Waals surface area contributed by atoms with Crippen LogP contribution in [0, 0.1) is 17.6 Å². The van der Waals surface area contributed by atoms with Crippen LogP contribution in [0.4, 0.5) is 8.78 Å². The van der Waals surface area contributed by atoms with Gasteiger partial charge in [-0.3, -0.25) is 4.79 Å². The minimum Gasteiger partial charge on any atom is -0.496 e. The predicted molar refractivity (Wildman–Crippen MR) is 97.5 cm³/mol. The number of nitrogens with zero attached hydrogens (tertiary/aromatic N) is 1. The molecular weight excluding hydrogens is 350 g/mol. The molecule has 4 nitrogen and oxygen atoms in total. The van der Waals surface area contributed by atoms with Crippen LogP contribution in [0.5, 0.6) is 5.75 Å². The molecule has 3 atom stereocenters. The molecule has 2 aromatic rings. The summed E-state index contributed by atoms with van der Waals surface area (Å²) in [5.41, 5.74) is 1.67. The van der Waals surface area contributed by atoms with Gasteiger partial charge in [-0.1, -0.05) is 24.3 Å². The van der Waals surface area contributed by atoms with Crippen molar-refractivity contribution in [3.05, 3.63) is 65.2 Å². The number of rotatable bonds is 4. The zero-order chi connectivity index (χ0) is 19.0. The van der Waals surface area contributed by atoms with Gasteiger partial charge in [0.25, 0.3) is 0 Å². The van der Waals surface area contributed by atoms with E-state index in [1.165, 1.54) is 6.07 Å². The standard InChI is InChI=1S/C21H22F2N2O2/c1-27-20-5-3-2-4-14(20)19-12-24-8-9-25(19)21(26)16-11-15(16)13-6-7-17(22)18(23)10-13/h2-7,10,15-16,19,24H,8-9,11-12H2,1H3. The van der Waals surface area contributed by atoms with Crippen molar-refractivity contribution in [1.29, 1.82) is 0 Å². The maximum absolute atomic E-state index is 13.5. The summed E-state index contributed by atoms with van der Waals surface area (Å²) < 4.78 is 32.2.